The molecule has 0 amide bonds. The van der Waals surface area contributed by atoms with E-state index in [1.807, 2.05) is 35.1 Å². The quantitative estimate of drug-likeness (QED) is 0.551. The summed E-state index contributed by atoms with van der Waals surface area (Å²) in [7, 11) is 0. The molecule has 0 spiro atoms. The van der Waals surface area contributed by atoms with Crippen LogP contribution in [0.25, 0.3) is 22.4 Å². The molecule has 0 unspecified atom stereocenters. The van der Waals surface area contributed by atoms with Crippen molar-refractivity contribution >= 4 is 0 Å². The number of hydrogen-bond donors (Lipinski definition) is 0. The lowest BCUT2D eigenvalue weighted by Crippen LogP contribution is -2.03. The van der Waals surface area contributed by atoms with Gasteiger partial charge in [-0.15, -0.1) is 0 Å². The Labute approximate surface area is 162 Å². The highest BCUT2D eigenvalue weighted by Crippen LogP contribution is 2.31. The first-order chi connectivity index (χ1) is 13.8. The van der Waals surface area contributed by atoms with E-state index < -0.39 is 0 Å². The molecule has 0 fully saturated rings. The molecule has 6 heteroatoms. The summed E-state index contributed by atoms with van der Waals surface area (Å²) < 4.78 is 9.74. The fourth-order valence-corrected chi connectivity index (χ4v) is 3.44. The Hall–Kier alpha value is -3.85. The monoisotopic (exact) mass is 367 g/mol. The van der Waals surface area contributed by atoms with Crippen LogP contribution in [0.3, 0.4) is 0 Å². The minimum Gasteiger partial charge on any atom is -0.487 e. The highest BCUT2D eigenvalue weighted by atomic mass is 16.5. The van der Waals surface area contributed by atoms with Gasteiger partial charge in [0.05, 0.1) is 30.2 Å². The Morgan fingerprint density at radius 3 is 2.79 bits per heavy atom. The smallest absolute Gasteiger partial charge is 0.130 e. The van der Waals surface area contributed by atoms with Crippen LogP contribution in [-0.4, -0.2) is 19.6 Å². The molecular weight excluding hydrogens is 350 g/mol. The molecule has 0 radical (unpaired) electrons. The van der Waals surface area contributed by atoms with Gasteiger partial charge in [0.15, 0.2) is 0 Å². The van der Waals surface area contributed by atoms with Gasteiger partial charge in [-0.25, -0.2) is 0 Å². The van der Waals surface area contributed by atoms with Crippen LogP contribution >= 0.6 is 0 Å². The number of fused-ring (bicyclic) bond motifs is 2. The zero-order valence-electron chi connectivity index (χ0n) is 15.1. The molecule has 28 heavy (non-hydrogen) atoms. The van der Waals surface area contributed by atoms with Gasteiger partial charge in [-0.2, -0.15) is 15.5 Å². The Bertz CT molecular complexity index is 1180. The number of rotatable bonds is 3. The predicted octanol–water partition coefficient (Wildman–Crippen LogP) is 3.88. The third kappa shape index (κ3) is 2.93. The summed E-state index contributed by atoms with van der Waals surface area (Å²) in [5, 5.41) is 17.8. The molecule has 0 saturated heterocycles. The summed E-state index contributed by atoms with van der Waals surface area (Å²) in [6.45, 7) is 1.39. The lowest BCUT2D eigenvalue weighted by molar-refractivity contribution is 0.302. The summed E-state index contributed by atoms with van der Waals surface area (Å²) in [6.07, 6.45) is 3.64. The van der Waals surface area contributed by atoms with Crippen molar-refractivity contribution in [2.75, 3.05) is 0 Å². The third-order valence-electron chi connectivity index (χ3n) is 4.89. The zero-order chi connectivity index (χ0) is 18.9. The van der Waals surface area contributed by atoms with Crippen LogP contribution in [0, 0.1) is 11.3 Å². The van der Waals surface area contributed by atoms with E-state index in [4.69, 9.17) is 15.1 Å². The van der Waals surface area contributed by atoms with Crippen molar-refractivity contribution < 1.29 is 4.74 Å². The predicted molar refractivity (Wildman–Crippen MR) is 104 cm³/mol. The van der Waals surface area contributed by atoms with E-state index >= 15 is 0 Å². The van der Waals surface area contributed by atoms with Crippen LogP contribution in [0.4, 0.5) is 0 Å². The first kappa shape index (κ1) is 16.3. The van der Waals surface area contributed by atoms with Gasteiger partial charge in [-0.3, -0.25) is 9.36 Å². The Morgan fingerprint density at radius 1 is 1.04 bits per heavy atom. The van der Waals surface area contributed by atoms with Crippen LogP contribution in [0.5, 0.6) is 5.75 Å². The lowest BCUT2D eigenvalue weighted by atomic mass is 10.1. The van der Waals surface area contributed by atoms with E-state index in [0.717, 1.165) is 39.4 Å². The van der Waals surface area contributed by atoms with Gasteiger partial charge in [0.2, 0.25) is 0 Å². The Kier molecular flexibility index (Phi) is 3.91. The van der Waals surface area contributed by atoms with Crippen molar-refractivity contribution in [1.82, 2.24) is 19.6 Å². The Balaban J connectivity index is 1.44. The van der Waals surface area contributed by atoms with Crippen molar-refractivity contribution in [2.24, 2.45) is 0 Å². The molecule has 2 aromatic carbocycles. The minimum atomic E-state index is 0.242. The number of hydrogen-bond acceptors (Lipinski definition) is 4. The Morgan fingerprint density at radius 2 is 1.93 bits per heavy atom. The minimum absolute atomic E-state index is 0.242. The van der Waals surface area contributed by atoms with Crippen LogP contribution in [-0.2, 0) is 19.7 Å². The molecule has 2 aromatic heterocycles. The second-order valence-corrected chi connectivity index (χ2v) is 6.74. The summed E-state index contributed by atoms with van der Waals surface area (Å²) in [6, 6.07) is 20.5. The van der Waals surface area contributed by atoms with Crippen molar-refractivity contribution in [3.8, 4) is 34.2 Å². The van der Waals surface area contributed by atoms with Gasteiger partial charge in [0.25, 0.3) is 0 Å². The standard InChI is InChI=1S/C22H17N5O/c23-8-9-26-13-19(12-24-26)17-6-7-18-14-27-20(15-28-22(18)10-17)11-21(25-27)16-4-2-1-3-5-16/h1-7,10-13H,9,14-15H2. The molecule has 3 heterocycles. The summed E-state index contributed by atoms with van der Waals surface area (Å²) in [5.41, 5.74) is 6.20. The van der Waals surface area contributed by atoms with Crippen molar-refractivity contribution in [1.29, 1.82) is 5.26 Å². The highest BCUT2D eigenvalue weighted by Gasteiger charge is 2.18. The van der Waals surface area contributed by atoms with E-state index in [-0.39, 0.29) is 6.54 Å². The average molecular weight is 367 g/mol. The second-order valence-electron chi connectivity index (χ2n) is 6.74. The number of aromatic nitrogens is 4. The molecular formula is C22H17N5O. The molecule has 0 atom stereocenters. The molecule has 0 N–H and O–H groups in total. The molecule has 6 nitrogen and oxygen atoms in total. The fraction of sp³-hybridized carbons (Fsp3) is 0.136. The SMILES string of the molecule is N#CCn1cc(-c2ccc3c(c2)OCc2cc(-c4ccccc4)nn2C3)cn1. The van der Waals surface area contributed by atoms with Gasteiger partial charge in [0, 0.05) is 22.9 Å². The second kappa shape index (κ2) is 6.71. The lowest BCUT2D eigenvalue weighted by Gasteiger charge is -2.08. The highest BCUT2D eigenvalue weighted by molar-refractivity contribution is 5.65. The topological polar surface area (TPSA) is 68.7 Å². The number of nitriles is 1. The van der Waals surface area contributed by atoms with E-state index in [2.05, 4.69) is 41.5 Å². The van der Waals surface area contributed by atoms with E-state index in [1.54, 1.807) is 10.9 Å². The summed E-state index contributed by atoms with van der Waals surface area (Å²) >= 11 is 0. The molecule has 0 saturated carbocycles. The van der Waals surface area contributed by atoms with E-state index in [0.29, 0.717) is 13.2 Å². The zero-order valence-corrected chi connectivity index (χ0v) is 15.1. The van der Waals surface area contributed by atoms with E-state index in [9.17, 15) is 0 Å². The summed E-state index contributed by atoms with van der Waals surface area (Å²) in [5.74, 6) is 0.859. The fourth-order valence-electron chi connectivity index (χ4n) is 3.44. The molecule has 4 aromatic rings. The molecule has 0 aliphatic carbocycles. The van der Waals surface area contributed by atoms with E-state index in [1.165, 1.54) is 0 Å². The maximum absolute atomic E-state index is 8.81. The molecule has 136 valence electrons. The maximum atomic E-state index is 8.81. The van der Waals surface area contributed by atoms with Crippen LogP contribution in [0.2, 0.25) is 0 Å². The normalized spacial score (nSPS) is 12.4. The van der Waals surface area contributed by atoms with Crippen LogP contribution in [0.15, 0.2) is 67.0 Å². The van der Waals surface area contributed by atoms with Crippen molar-refractivity contribution in [3.63, 3.8) is 0 Å². The number of benzene rings is 2. The van der Waals surface area contributed by atoms with Crippen molar-refractivity contribution in [2.45, 2.75) is 19.7 Å². The van der Waals surface area contributed by atoms with Crippen LogP contribution in [0.1, 0.15) is 11.3 Å². The average Bonchev–Trinajstić information content (AvgIpc) is 3.32. The number of nitrogens with zero attached hydrogens (tertiary/aromatic N) is 5. The first-order valence-corrected chi connectivity index (χ1v) is 9.08. The molecule has 1 aliphatic heterocycles. The molecule has 0 bridgehead atoms. The van der Waals surface area contributed by atoms with Crippen LogP contribution < -0.4 is 4.74 Å². The molecule has 5 rings (SSSR count). The van der Waals surface area contributed by atoms with Gasteiger partial charge in [-0.1, -0.05) is 42.5 Å². The van der Waals surface area contributed by atoms with Crippen molar-refractivity contribution in [3.05, 3.63) is 78.2 Å². The van der Waals surface area contributed by atoms with Gasteiger partial charge >= 0.3 is 0 Å². The van der Waals surface area contributed by atoms with Gasteiger partial charge in [0.1, 0.15) is 18.9 Å². The number of ether oxygens (including phenoxy) is 1. The van der Waals surface area contributed by atoms with Gasteiger partial charge in [-0.05, 0) is 17.7 Å². The van der Waals surface area contributed by atoms with Gasteiger partial charge < -0.3 is 4.74 Å². The maximum Gasteiger partial charge on any atom is 0.130 e. The third-order valence-corrected chi connectivity index (χ3v) is 4.89. The largest absolute Gasteiger partial charge is 0.487 e. The first-order valence-electron chi connectivity index (χ1n) is 9.08. The molecule has 1 aliphatic rings. The summed E-state index contributed by atoms with van der Waals surface area (Å²) in [4.78, 5) is 0.